The zero-order valence-corrected chi connectivity index (χ0v) is 25.1. The maximum Gasteiger partial charge on any atom is 0.273 e. The average Bonchev–Trinajstić information content (AvgIpc) is 3.50. The van der Waals surface area contributed by atoms with Gasteiger partial charge in [0.05, 0.1) is 19.1 Å². The number of aromatic nitrogens is 1. The maximum atomic E-state index is 14.1. The summed E-state index contributed by atoms with van der Waals surface area (Å²) in [7, 11) is 3.34. The van der Waals surface area contributed by atoms with Crippen LogP contribution in [0.1, 0.15) is 68.4 Å². The van der Waals surface area contributed by atoms with Crippen LogP contribution in [-0.4, -0.2) is 37.6 Å². The van der Waals surface area contributed by atoms with Gasteiger partial charge in [0.25, 0.3) is 5.19 Å². The lowest BCUT2D eigenvalue weighted by atomic mass is 9.77. The molecule has 0 unspecified atom stereocenters. The molecule has 0 bridgehead atoms. The highest BCUT2D eigenvalue weighted by molar-refractivity contribution is 7.16. The Morgan fingerprint density at radius 3 is 2.32 bits per heavy atom. The summed E-state index contributed by atoms with van der Waals surface area (Å²) in [5.74, 6) is 1.62. The van der Waals surface area contributed by atoms with E-state index in [1.807, 2.05) is 23.2 Å². The first kappa shape index (κ1) is 29.1. The van der Waals surface area contributed by atoms with E-state index in [-0.39, 0.29) is 23.7 Å². The first-order valence-electron chi connectivity index (χ1n) is 14.7. The maximum absolute atomic E-state index is 14.1. The molecule has 0 aliphatic heterocycles. The zero-order chi connectivity index (χ0) is 28.9. The summed E-state index contributed by atoms with van der Waals surface area (Å²) in [4.78, 5) is 33.2. The van der Waals surface area contributed by atoms with Crippen LogP contribution in [-0.2, 0) is 9.59 Å². The predicted molar refractivity (Wildman–Crippen MR) is 164 cm³/mol. The third-order valence-electron chi connectivity index (χ3n) is 9.02. The van der Waals surface area contributed by atoms with Crippen molar-refractivity contribution in [3.63, 3.8) is 0 Å². The third kappa shape index (κ3) is 6.75. The molecule has 41 heavy (non-hydrogen) atoms. The Kier molecular flexibility index (Phi) is 9.28. The summed E-state index contributed by atoms with van der Waals surface area (Å²) >= 11 is 1.49. The van der Waals surface area contributed by atoms with Gasteiger partial charge in [0.1, 0.15) is 5.75 Å². The van der Waals surface area contributed by atoms with Gasteiger partial charge >= 0.3 is 0 Å². The van der Waals surface area contributed by atoms with Gasteiger partial charge in [-0.1, -0.05) is 35.6 Å². The molecule has 2 amide bonds. The van der Waals surface area contributed by atoms with Crippen molar-refractivity contribution in [2.24, 2.45) is 23.5 Å². The van der Waals surface area contributed by atoms with Crippen molar-refractivity contribution < 1.29 is 19.1 Å². The number of nitrogens with two attached hydrogens (primary N) is 1. The molecular weight excluding hydrogens is 534 g/mol. The van der Waals surface area contributed by atoms with E-state index in [1.165, 1.54) is 22.5 Å². The number of thiazole rings is 1. The summed E-state index contributed by atoms with van der Waals surface area (Å²) in [6.07, 6.45) is 9.00. The molecule has 1 heterocycles. The van der Waals surface area contributed by atoms with Gasteiger partial charge in [0.2, 0.25) is 11.8 Å². The number of methoxy groups -OCH3 is 2. The Hall–Kier alpha value is -3.39. The third-order valence-corrected chi connectivity index (χ3v) is 10.0. The van der Waals surface area contributed by atoms with Crippen molar-refractivity contribution in [1.82, 2.24) is 4.98 Å². The van der Waals surface area contributed by atoms with Crippen LogP contribution in [0.4, 0.5) is 5.69 Å². The zero-order valence-electron chi connectivity index (χ0n) is 24.3. The molecule has 2 fully saturated rings. The summed E-state index contributed by atoms with van der Waals surface area (Å²) < 4.78 is 10.8. The Labute approximate surface area is 247 Å². The van der Waals surface area contributed by atoms with Crippen molar-refractivity contribution in [2.75, 3.05) is 25.7 Å². The predicted octanol–water partition coefficient (Wildman–Crippen LogP) is 6.73. The number of hydrogen-bond acceptors (Lipinski definition) is 6. The highest BCUT2D eigenvalue weighted by Crippen LogP contribution is 2.40. The number of benzene rings is 2. The highest BCUT2D eigenvalue weighted by Gasteiger charge is 2.34. The van der Waals surface area contributed by atoms with E-state index in [4.69, 9.17) is 15.2 Å². The van der Waals surface area contributed by atoms with Crippen LogP contribution >= 0.6 is 11.3 Å². The van der Waals surface area contributed by atoms with Crippen LogP contribution in [0.5, 0.6) is 10.9 Å². The second-order valence-electron chi connectivity index (χ2n) is 11.6. The molecule has 2 saturated carbocycles. The second-order valence-corrected chi connectivity index (χ2v) is 12.6. The number of carbonyl (C=O) groups excluding carboxylic acids is 2. The number of aryl methyl sites for hydroxylation is 1. The van der Waals surface area contributed by atoms with E-state index in [9.17, 15) is 9.59 Å². The Morgan fingerprint density at radius 1 is 0.951 bits per heavy atom. The topological polar surface area (TPSA) is 94.8 Å². The number of carbonyl (C=O) groups is 2. The largest absolute Gasteiger partial charge is 0.496 e. The van der Waals surface area contributed by atoms with Crippen molar-refractivity contribution in [1.29, 1.82) is 0 Å². The van der Waals surface area contributed by atoms with Crippen LogP contribution < -0.4 is 20.1 Å². The monoisotopic (exact) mass is 575 g/mol. The fraction of sp³-hybridized carbons (Fsp3) is 0.485. The molecule has 2 aliphatic rings. The molecule has 1 aromatic heterocycles. The number of hydrogen-bond donors (Lipinski definition) is 1. The standard InChI is InChI=1S/C33H41N3O4S/c1-21-17-26(15-16-29(21)39-2)23-9-7-22(8-10-23)20-36(32(38)25-13-11-24(12-14-25)31(34)37)28-6-4-5-27(18-28)30-19-35-33(40-3)41-30/h4-6,15-19,22-25H,7-14,20H2,1-3H3,(H2,34,37)/t22-,23-,24-,25-. The lowest BCUT2D eigenvalue weighted by Crippen LogP contribution is -2.42. The Balaban J connectivity index is 1.33. The minimum Gasteiger partial charge on any atom is -0.496 e. The number of ether oxygens (including phenoxy) is 2. The molecule has 2 aromatic carbocycles. The van der Waals surface area contributed by atoms with Crippen LogP contribution in [0, 0.1) is 24.7 Å². The Morgan fingerprint density at radius 2 is 1.68 bits per heavy atom. The van der Waals surface area contributed by atoms with E-state index in [0.717, 1.165) is 47.6 Å². The number of amides is 2. The summed E-state index contributed by atoms with van der Waals surface area (Å²) in [5, 5.41) is 0.619. The summed E-state index contributed by atoms with van der Waals surface area (Å²) in [6, 6.07) is 14.8. The normalized spacial score (nSPS) is 22.6. The fourth-order valence-corrected chi connectivity index (χ4v) is 7.30. The SMILES string of the molecule is COc1ncc(-c2cccc(N(C[C@H]3CC[C@H](c4ccc(OC)c(C)c4)CC3)C(=O)[C@H]3CC[C@H](C(N)=O)CC3)c2)s1. The van der Waals surface area contributed by atoms with Crippen molar-refractivity contribution in [2.45, 2.75) is 64.2 Å². The molecule has 0 atom stereocenters. The van der Waals surface area contributed by atoms with Gasteiger partial charge in [0.15, 0.2) is 0 Å². The molecule has 3 aromatic rings. The van der Waals surface area contributed by atoms with Crippen LogP contribution in [0.3, 0.4) is 0 Å². The summed E-state index contributed by atoms with van der Waals surface area (Å²) in [5.41, 5.74) is 10.1. The van der Waals surface area contributed by atoms with Crippen molar-refractivity contribution in [3.8, 4) is 21.4 Å². The van der Waals surface area contributed by atoms with E-state index in [2.05, 4.69) is 42.2 Å². The molecule has 2 N–H and O–H groups in total. The number of anilines is 1. The van der Waals surface area contributed by atoms with Gasteiger partial charge in [0, 0.05) is 30.3 Å². The molecule has 8 heteroatoms. The van der Waals surface area contributed by atoms with E-state index in [1.54, 1.807) is 14.2 Å². The molecule has 7 nitrogen and oxygen atoms in total. The minimum absolute atomic E-state index is 0.0867. The van der Waals surface area contributed by atoms with Gasteiger partial charge < -0.3 is 20.1 Å². The smallest absolute Gasteiger partial charge is 0.273 e. The van der Waals surface area contributed by atoms with E-state index < -0.39 is 0 Å². The molecule has 0 radical (unpaired) electrons. The quantitative estimate of drug-likeness (QED) is 0.305. The Bertz CT molecular complexity index is 1360. The fourth-order valence-electron chi connectivity index (χ4n) is 6.57. The lowest BCUT2D eigenvalue weighted by molar-refractivity contribution is -0.127. The van der Waals surface area contributed by atoms with Gasteiger partial charge in [-0.25, -0.2) is 4.98 Å². The molecule has 2 aliphatic carbocycles. The number of rotatable bonds is 9. The van der Waals surface area contributed by atoms with Gasteiger partial charge in [-0.3, -0.25) is 9.59 Å². The summed E-state index contributed by atoms with van der Waals surface area (Å²) in [6.45, 7) is 2.81. The van der Waals surface area contributed by atoms with Crippen LogP contribution in [0.15, 0.2) is 48.7 Å². The highest BCUT2D eigenvalue weighted by atomic mass is 32.1. The molecule has 5 rings (SSSR count). The number of nitrogens with zero attached hydrogens (tertiary/aromatic N) is 2. The average molecular weight is 576 g/mol. The van der Waals surface area contributed by atoms with E-state index in [0.29, 0.717) is 49.3 Å². The van der Waals surface area contributed by atoms with Gasteiger partial charge in [-0.2, -0.15) is 0 Å². The minimum atomic E-state index is -0.246. The van der Waals surface area contributed by atoms with Crippen molar-refractivity contribution in [3.05, 3.63) is 59.8 Å². The lowest BCUT2D eigenvalue weighted by Gasteiger charge is -2.36. The van der Waals surface area contributed by atoms with Crippen molar-refractivity contribution >= 4 is 28.8 Å². The number of primary amides is 1. The van der Waals surface area contributed by atoms with E-state index >= 15 is 0 Å². The van der Waals surface area contributed by atoms with Crippen LogP contribution in [0.25, 0.3) is 10.4 Å². The molecule has 0 saturated heterocycles. The molecule has 0 spiro atoms. The molecule has 218 valence electrons. The first-order chi connectivity index (χ1) is 19.9. The van der Waals surface area contributed by atoms with Gasteiger partial charge in [-0.05, 0) is 105 Å². The second kappa shape index (κ2) is 13.1. The first-order valence-corrected chi connectivity index (χ1v) is 15.5. The van der Waals surface area contributed by atoms with Gasteiger partial charge in [-0.15, -0.1) is 0 Å². The molecular formula is C33H41N3O4S. The van der Waals surface area contributed by atoms with Crippen LogP contribution in [0.2, 0.25) is 0 Å².